The molecule has 0 spiro atoms. The fraction of sp³-hybridized carbons (Fsp3) is 0.346. The highest BCUT2D eigenvalue weighted by atomic mass is 19.1. The van der Waals surface area contributed by atoms with Crippen LogP contribution in [-0.2, 0) is 9.59 Å². The second-order valence-corrected chi connectivity index (χ2v) is 10.1. The number of carboxylic acid groups (broad SMARTS) is 1. The second-order valence-electron chi connectivity index (χ2n) is 10.1. The van der Waals surface area contributed by atoms with Crippen molar-refractivity contribution in [3.8, 4) is 5.69 Å². The van der Waals surface area contributed by atoms with Crippen LogP contribution in [0, 0.1) is 29.3 Å². The maximum atomic E-state index is 15.3. The van der Waals surface area contributed by atoms with Gasteiger partial charge in [-0.3, -0.25) is 24.3 Å². The number of amides is 2. The smallest absolute Gasteiger partial charge is 0.341 e. The van der Waals surface area contributed by atoms with Crippen LogP contribution in [0.3, 0.4) is 0 Å². The lowest BCUT2D eigenvalue weighted by Gasteiger charge is -2.24. The van der Waals surface area contributed by atoms with Gasteiger partial charge < -0.3 is 21.1 Å². The predicted octanol–water partition coefficient (Wildman–Crippen LogP) is 0.904. The fourth-order valence-corrected chi connectivity index (χ4v) is 5.10. The summed E-state index contributed by atoms with van der Waals surface area (Å²) in [6.45, 7) is 3.78. The lowest BCUT2D eigenvalue weighted by Crippen LogP contribution is -2.50. The molecule has 0 radical (unpaired) electrons. The normalized spacial score (nSPS) is 21.1. The Balaban J connectivity index is 1.42. The topological polar surface area (TPSA) is 160 Å². The Morgan fingerprint density at radius 2 is 1.75 bits per heavy atom. The maximum Gasteiger partial charge on any atom is 0.341 e. The summed E-state index contributed by atoms with van der Waals surface area (Å²) >= 11 is 0. The van der Waals surface area contributed by atoms with Gasteiger partial charge in [-0.1, -0.05) is 0 Å². The summed E-state index contributed by atoms with van der Waals surface area (Å²) in [5.41, 5.74) is 3.26. The minimum absolute atomic E-state index is 0.0439. The number of carbonyl (C=O) groups is 3. The summed E-state index contributed by atoms with van der Waals surface area (Å²) < 4.78 is 44.5. The molecule has 1 saturated heterocycles. The first-order valence-corrected chi connectivity index (χ1v) is 12.4. The van der Waals surface area contributed by atoms with Crippen molar-refractivity contribution < 1.29 is 32.7 Å². The highest BCUT2D eigenvalue weighted by Crippen LogP contribution is 2.47. The van der Waals surface area contributed by atoms with E-state index in [4.69, 9.17) is 5.73 Å². The Kier molecular flexibility index (Phi) is 6.84. The first-order chi connectivity index (χ1) is 18.9. The summed E-state index contributed by atoms with van der Waals surface area (Å²) in [7, 11) is 0. The molecule has 1 saturated carbocycles. The van der Waals surface area contributed by atoms with Crippen LogP contribution in [0.5, 0.6) is 0 Å². The first-order valence-electron chi connectivity index (χ1n) is 12.4. The van der Waals surface area contributed by atoms with Gasteiger partial charge in [0.15, 0.2) is 17.3 Å². The number of nitrogens with one attached hydrogen (secondary N) is 2. The number of hydrogen-bond acceptors (Lipinski definition) is 8. The minimum Gasteiger partial charge on any atom is -0.477 e. The molecule has 0 bridgehead atoms. The van der Waals surface area contributed by atoms with Crippen molar-refractivity contribution in [1.29, 1.82) is 0 Å². The molecule has 11 nitrogen and oxygen atoms in total. The Bertz CT molecular complexity index is 1610. The number of aromatic nitrogens is 2. The van der Waals surface area contributed by atoms with Gasteiger partial charge in [-0.25, -0.2) is 22.9 Å². The SMILES string of the molecule is C[C@H](N)C(=O)NC(=O)[C@H](C)N[C@H]1[C@@H]2CN(c3nc4c(cc3F)c(=O)c(C(=O)O)cn4-c3ccc(F)cc3F)C[C@@H]21. The van der Waals surface area contributed by atoms with Crippen molar-refractivity contribution in [3.05, 3.63) is 63.7 Å². The Morgan fingerprint density at radius 3 is 2.35 bits per heavy atom. The fourth-order valence-electron chi connectivity index (χ4n) is 5.10. The molecule has 2 aromatic heterocycles. The number of carbonyl (C=O) groups excluding carboxylic acids is 2. The molecule has 1 aliphatic carbocycles. The number of benzene rings is 1. The zero-order chi connectivity index (χ0) is 29.0. The van der Waals surface area contributed by atoms with Gasteiger partial charge in [-0.15, -0.1) is 0 Å². The number of carboxylic acids is 1. The van der Waals surface area contributed by atoms with Crippen molar-refractivity contribution in [2.45, 2.75) is 32.0 Å². The number of imide groups is 1. The lowest BCUT2D eigenvalue weighted by atomic mass is 10.1. The number of piperidine rings is 1. The molecule has 0 unspecified atom stereocenters. The molecular weight excluding hydrogens is 533 g/mol. The average Bonchev–Trinajstić information content (AvgIpc) is 3.31. The van der Waals surface area contributed by atoms with Crippen molar-refractivity contribution in [3.63, 3.8) is 0 Å². The largest absolute Gasteiger partial charge is 0.477 e. The third-order valence-corrected chi connectivity index (χ3v) is 7.30. The number of halogens is 3. The number of pyridine rings is 2. The van der Waals surface area contributed by atoms with Crippen molar-refractivity contribution in [2.24, 2.45) is 17.6 Å². The summed E-state index contributed by atoms with van der Waals surface area (Å²) in [4.78, 5) is 54.4. The van der Waals surface area contributed by atoms with E-state index in [0.717, 1.165) is 29.0 Å². The average molecular weight is 559 g/mol. The lowest BCUT2D eigenvalue weighted by molar-refractivity contribution is -0.132. The number of aromatic carboxylic acids is 1. The van der Waals surface area contributed by atoms with Crippen LogP contribution >= 0.6 is 0 Å². The summed E-state index contributed by atoms with van der Waals surface area (Å²) in [5, 5.41) is 14.5. The third-order valence-electron chi connectivity index (χ3n) is 7.30. The number of rotatable bonds is 7. The molecule has 14 heteroatoms. The molecule has 5 N–H and O–H groups in total. The molecule has 3 heterocycles. The molecule has 210 valence electrons. The Morgan fingerprint density at radius 1 is 1.07 bits per heavy atom. The second kappa shape index (κ2) is 10.0. The third kappa shape index (κ3) is 4.79. The molecule has 5 rings (SSSR count). The van der Waals surface area contributed by atoms with Gasteiger partial charge in [0.05, 0.1) is 23.2 Å². The van der Waals surface area contributed by atoms with E-state index in [9.17, 15) is 33.1 Å². The molecule has 1 aliphatic heterocycles. The summed E-state index contributed by atoms with van der Waals surface area (Å²) in [5.74, 6) is -5.51. The predicted molar refractivity (Wildman–Crippen MR) is 137 cm³/mol. The quantitative estimate of drug-likeness (QED) is 0.331. The zero-order valence-electron chi connectivity index (χ0n) is 21.3. The van der Waals surface area contributed by atoms with Crippen LogP contribution in [0.4, 0.5) is 19.0 Å². The van der Waals surface area contributed by atoms with Gasteiger partial charge in [0, 0.05) is 31.4 Å². The van der Waals surface area contributed by atoms with Gasteiger partial charge in [0.2, 0.25) is 17.2 Å². The van der Waals surface area contributed by atoms with E-state index in [1.54, 1.807) is 11.8 Å². The zero-order valence-corrected chi connectivity index (χ0v) is 21.3. The standard InChI is InChI=1S/C26H25F3N6O5/c1-10(30)24(37)33-25(38)11(2)31-20-14-7-34(8-15(14)20)23-18(29)6-13-21(36)16(26(39)40)9-35(22(13)32-23)19-4-3-12(27)5-17(19)28/h3-6,9-11,14-15,20,31H,7-8,30H2,1-2H3,(H,39,40)(H,33,37,38)/t10-,11-,14-,15+,20+/m0/s1. The Hall–Kier alpha value is -4.30. The summed E-state index contributed by atoms with van der Waals surface area (Å²) in [6.07, 6.45) is 0.877. The van der Waals surface area contributed by atoms with Gasteiger partial charge in [0.1, 0.15) is 17.2 Å². The molecule has 3 aromatic rings. The molecule has 1 aromatic carbocycles. The molecule has 40 heavy (non-hydrogen) atoms. The first kappa shape index (κ1) is 27.3. The molecule has 2 fully saturated rings. The number of nitrogens with two attached hydrogens (primary N) is 1. The molecule has 2 aliphatic rings. The highest BCUT2D eigenvalue weighted by Gasteiger charge is 2.56. The van der Waals surface area contributed by atoms with E-state index in [0.29, 0.717) is 19.2 Å². The van der Waals surface area contributed by atoms with Gasteiger partial charge >= 0.3 is 5.97 Å². The van der Waals surface area contributed by atoms with E-state index < -0.39 is 58.3 Å². The van der Waals surface area contributed by atoms with Crippen molar-refractivity contribution in [2.75, 3.05) is 18.0 Å². The molecular formula is C26H25F3N6O5. The van der Waals surface area contributed by atoms with Gasteiger partial charge in [0.25, 0.3) is 0 Å². The van der Waals surface area contributed by atoms with Crippen molar-refractivity contribution >= 4 is 34.6 Å². The number of anilines is 1. The van der Waals surface area contributed by atoms with E-state index in [2.05, 4.69) is 15.6 Å². The van der Waals surface area contributed by atoms with Crippen LogP contribution in [0.1, 0.15) is 24.2 Å². The number of nitrogens with zero attached hydrogens (tertiary/aromatic N) is 3. The van der Waals surface area contributed by atoms with Crippen LogP contribution in [-0.4, -0.2) is 63.7 Å². The van der Waals surface area contributed by atoms with Crippen molar-refractivity contribution in [1.82, 2.24) is 20.2 Å². The monoisotopic (exact) mass is 558 g/mol. The van der Waals surface area contributed by atoms with Crippen LogP contribution in [0.2, 0.25) is 0 Å². The maximum absolute atomic E-state index is 15.3. The van der Waals surface area contributed by atoms with Crippen LogP contribution in [0.25, 0.3) is 16.7 Å². The molecule has 5 atom stereocenters. The van der Waals surface area contributed by atoms with Crippen LogP contribution in [0.15, 0.2) is 35.3 Å². The van der Waals surface area contributed by atoms with Crippen LogP contribution < -0.4 is 26.7 Å². The van der Waals surface area contributed by atoms with E-state index in [1.807, 2.05) is 0 Å². The van der Waals surface area contributed by atoms with E-state index in [1.165, 1.54) is 6.92 Å². The van der Waals surface area contributed by atoms with Gasteiger partial charge in [-0.2, -0.15) is 0 Å². The minimum atomic E-state index is -1.60. The van der Waals surface area contributed by atoms with Gasteiger partial charge in [-0.05, 0) is 43.9 Å². The number of fused-ring (bicyclic) bond motifs is 2. The van der Waals surface area contributed by atoms with E-state index in [-0.39, 0.29) is 40.4 Å². The Labute approximate surface area is 224 Å². The summed E-state index contributed by atoms with van der Waals surface area (Å²) in [6, 6.07) is 1.92. The highest BCUT2D eigenvalue weighted by molar-refractivity contribution is 5.99. The number of hydrogen-bond donors (Lipinski definition) is 4. The molecule has 2 amide bonds. The van der Waals surface area contributed by atoms with E-state index >= 15 is 4.39 Å².